The van der Waals surface area contributed by atoms with E-state index in [1.54, 1.807) is 7.11 Å². The summed E-state index contributed by atoms with van der Waals surface area (Å²) < 4.78 is 10.9. The third-order valence-electron chi connectivity index (χ3n) is 6.39. The minimum atomic E-state index is -0.408. The number of alkyl halides is 1. The number of hydrogen-bond donors (Lipinski definition) is 1. The fraction of sp³-hybridized carbons (Fsp3) is 0.619. The number of esters is 1. The molecule has 0 heterocycles. The lowest BCUT2D eigenvalue weighted by molar-refractivity contribution is -0.170. The monoisotopic (exact) mass is 435 g/mol. The van der Waals surface area contributed by atoms with Crippen molar-refractivity contribution in [2.75, 3.05) is 19.0 Å². The molecule has 4 aliphatic carbocycles. The Labute approximate surface area is 168 Å². The van der Waals surface area contributed by atoms with Crippen LogP contribution in [0.15, 0.2) is 18.2 Å². The van der Waals surface area contributed by atoms with E-state index in [-0.39, 0.29) is 22.8 Å². The predicted molar refractivity (Wildman–Crippen MR) is 106 cm³/mol. The largest absolute Gasteiger partial charge is 0.495 e. The minimum absolute atomic E-state index is 0.0906. The van der Waals surface area contributed by atoms with Gasteiger partial charge in [0, 0.05) is 4.32 Å². The van der Waals surface area contributed by atoms with E-state index in [1.807, 2.05) is 25.1 Å². The van der Waals surface area contributed by atoms with E-state index in [4.69, 9.17) is 9.47 Å². The third-order valence-corrected chi connectivity index (χ3v) is 7.31. The first kappa shape index (κ1) is 18.8. The van der Waals surface area contributed by atoms with Crippen molar-refractivity contribution < 1.29 is 19.1 Å². The number of anilines is 1. The topological polar surface area (TPSA) is 64.6 Å². The number of hydrogen-bond acceptors (Lipinski definition) is 4. The molecule has 0 aliphatic heterocycles. The molecule has 4 fully saturated rings. The number of rotatable bonds is 5. The molecule has 146 valence electrons. The van der Waals surface area contributed by atoms with E-state index in [0.29, 0.717) is 23.3 Å². The molecule has 1 amide bonds. The summed E-state index contributed by atoms with van der Waals surface area (Å²) in [4.78, 5) is 25.3. The van der Waals surface area contributed by atoms with Crippen LogP contribution < -0.4 is 10.1 Å². The number of benzene rings is 1. The first-order valence-corrected chi connectivity index (χ1v) is 10.4. The molecule has 1 aromatic rings. The van der Waals surface area contributed by atoms with Crippen LogP contribution in [0.25, 0.3) is 0 Å². The highest BCUT2D eigenvalue weighted by Crippen LogP contribution is 2.64. The second-order valence-corrected chi connectivity index (χ2v) is 10.4. The zero-order valence-electron chi connectivity index (χ0n) is 15.8. The highest BCUT2D eigenvalue weighted by atomic mass is 79.9. The average Bonchev–Trinajstić information content (AvgIpc) is 2.57. The maximum Gasteiger partial charge on any atom is 0.312 e. The van der Waals surface area contributed by atoms with Crippen molar-refractivity contribution in [2.24, 2.45) is 17.3 Å². The van der Waals surface area contributed by atoms with Crippen LogP contribution in [0.4, 0.5) is 5.69 Å². The summed E-state index contributed by atoms with van der Waals surface area (Å²) in [6.45, 7) is 1.68. The molecule has 1 aromatic carbocycles. The Kier molecular flexibility index (Phi) is 4.73. The van der Waals surface area contributed by atoms with Crippen molar-refractivity contribution in [3.8, 4) is 5.75 Å². The predicted octanol–water partition coefficient (Wildman–Crippen LogP) is 4.22. The molecule has 0 spiro atoms. The summed E-state index contributed by atoms with van der Waals surface area (Å²) in [5.41, 5.74) is 1.20. The van der Waals surface area contributed by atoms with E-state index < -0.39 is 5.41 Å². The van der Waals surface area contributed by atoms with Crippen molar-refractivity contribution in [3.05, 3.63) is 23.8 Å². The minimum Gasteiger partial charge on any atom is -0.495 e. The van der Waals surface area contributed by atoms with Crippen LogP contribution in [-0.2, 0) is 14.3 Å². The lowest BCUT2D eigenvalue weighted by Gasteiger charge is -2.58. The molecule has 6 heteroatoms. The summed E-state index contributed by atoms with van der Waals surface area (Å²) in [6, 6.07) is 5.56. The van der Waals surface area contributed by atoms with Crippen molar-refractivity contribution in [1.29, 1.82) is 0 Å². The van der Waals surface area contributed by atoms with Gasteiger partial charge in [-0.1, -0.05) is 22.0 Å². The van der Waals surface area contributed by atoms with Crippen LogP contribution in [0.1, 0.15) is 44.1 Å². The van der Waals surface area contributed by atoms with Gasteiger partial charge in [0.15, 0.2) is 6.61 Å². The molecule has 4 aliphatic rings. The fourth-order valence-corrected chi connectivity index (χ4v) is 7.23. The zero-order valence-corrected chi connectivity index (χ0v) is 17.4. The Morgan fingerprint density at radius 1 is 1.22 bits per heavy atom. The van der Waals surface area contributed by atoms with Gasteiger partial charge in [-0.2, -0.15) is 0 Å². The number of nitrogens with one attached hydrogen (secondary N) is 1. The number of ether oxygens (including phenoxy) is 2. The van der Waals surface area contributed by atoms with E-state index in [0.717, 1.165) is 37.7 Å². The van der Waals surface area contributed by atoms with Gasteiger partial charge in [-0.3, -0.25) is 9.59 Å². The van der Waals surface area contributed by atoms with Crippen LogP contribution in [0, 0.1) is 24.2 Å². The summed E-state index contributed by atoms with van der Waals surface area (Å²) in [5.74, 6) is 1.24. The van der Waals surface area contributed by atoms with Gasteiger partial charge in [0.25, 0.3) is 5.91 Å². The van der Waals surface area contributed by atoms with Crippen molar-refractivity contribution in [1.82, 2.24) is 0 Å². The second kappa shape index (κ2) is 6.80. The molecule has 5 rings (SSSR count). The van der Waals surface area contributed by atoms with Crippen LogP contribution >= 0.6 is 15.9 Å². The molecule has 1 N–H and O–H groups in total. The molecule has 0 unspecified atom stereocenters. The van der Waals surface area contributed by atoms with Crippen LogP contribution in [0.2, 0.25) is 0 Å². The van der Waals surface area contributed by atoms with E-state index in [1.165, 1.54) is 6.42 Å². The van der Waals surface area contributed by atoms with Gasteiger partial charge < -0.3 is 14.8 Å². The van der Waals surface area contributed by atoms with E-state index in [2.05, 4.69) is 21.2 Å². The van der Waals surface area contributed by atoms with Gasteiger partial charge in [-0.05, 0) is 75.0 Å². The Morgan fingerprint density at radius 3 is 2.56 bits per heavy atom. The molecule has 4 saturated carbocycles. The highest BCUT2D eigenvalue weighted by Gasteiger charge is 2.60. The maximum absolute atomic E-state index is 12.9. The Hall–Kier alpha value is -1.56. The molecule has 0 aromatic heterocycles. The maximum atomic E-state index is 12.9. The van der Waals surface area contributed by atoms with Crippen LogP contribution in [0.5, 0.6) is 5.75 Å². The van der Waals surface area contributed by atoms with Gasteiger partial charge in [0.1, 0.15) is 5.75 Å². The van der Waals surface area contributed by atoms with E-state index >= 15 is 0 Å². The number of methoxy groups -OCH3 is 1. The number of aryl methyl sites for hydroxylation is 1. The average molecular weight is 436 g/mol. The first-order chi connectivity index (χ1) is 12.8. The highest BCUT2D eigenvalue weighted by molar-refractivity contribution is 9.10. The Morgan fingerprint density at radius 2 is 1.93 bits per heavy atom. The number of carbonyl (C=O) groups excluding carboxylic acids is 2. The lowest BCUT2D eigenvalue weighted by atomic mass is 9.49. The molecule has 4 bridgehead atoms. The van der Waals surface area contributed by atoms with Crippen molar-refractivity contribution in [2.45, 2.75) is 49.8 Å². The second-order valence-electron chi connectivity index (χ2n) is 8.72. The summed E-state index contributed by atoms with van der Waals surface area (Å²) in [7, 11) is 1.56. The molecule has 5 nitrogen and oxygen atoms in total. The van der Waals surface area contributed by atoms with Crippen LogP contribution in [-0.4, -0.2) is 29.9 Å². The lowest BCUT2D eigenvalue weighted by Crippen LogP contribution is -2.56. The number of halogens is 1. The first-order valence-electron chi connectivity index (χ1n) is 9.61. The normalized spacial score (nSPS) is 33.6. The summed E-state index contributed by atoms with van der Waals surface area (Å²) in [6.07, 6.45) is 6.19. The molecular formula is C21H26BrNO4. The summed E-state index contributed by atoms with van der Waals surface area (Å²) in [5, 5.41) is 2.79. The van der Waals surface area contributed by atoms with Gasteiger partial charge in [-0.15, -0.1) is 0 Å². The quantitative estimate of drug-likeness (QED) is 0.555. The SMILES string of the molecule is COc1ccc(C)cc1NC(=O)COC(=O)C12C[C@H]3C[C@@H](CC(Br)(C3)C1)C2. The van der Waals surface area contributed by atoms with Gasteiger partial charge in [-0.25, -0.2) is 0 Å². The number of amides is 1. The van der Waals surface area contributed by atoms with Gasteiger partial charge in [0.05, 0.1) is 18.2 Å². The van der Waals surface area contributed by atoms with Crippen molar-refractivity contribution in [3.63, 3.8) is 0 Å². The zero-order chi connectivity index (χ0) is 19.2. The molecule has 2 atom stereocenters. The molecule has 27 heavy (non-hydrogen) atoms. The molecule has 0 radical (unpaired) electrons. The molecular weight excluding hydrogens is 410 g/mol. The van der Waals surface area contributed by atoms with Gasteiger partial charge in [0.2, 0.25) is 0 Å². The molecule has 0 saturated heterocycles. The smallest absolute Gasteiger partial charge is 0.312 e. The van der Waals surface area contributed by atoms with Crippen molar-refractivity contribution >= 4 is 33.5 Å². The third kappa shape index (κ3) is 3.60. The van der Waals surface area contributed by atoms with E-state index in [9.17, 15) is 9.59 Å². The summed E-state index contributed by atoms with van der Waals surface area (Å²) >= 11 is 3.91. The fourth-order valence-electron chi connectivity index (χ4n) is 5.78. The Balaban J connectivity index is 1.38. The Bertz CT molecular complexity index is 763. The van der Waals surface area contributed by atoms with Crippen LogP contribution in [0.3, 0.4) is 0 Å². The standard InChI is InChI=1S/C21H26BrNO4/c1-13-3-4-17(26-2)16(5-13)23-18(24)11-27-19(25)20-7-14-6-15(8-20)10-21(22,9-14)12-20/h3-5,14-15H,6-12H2,1-2H3,(H,23,24)/t14-,15-,20?,21?/m1/s1. The van der Waals surface area contributed by atoms with Gasteiger partial charge >= 0.3 is 5.97 Å². The number of carbonyl (C=O) groups is 2.